The summed E-state index contributed by atoms with van der Waals surface area (Å²) in [6.07, 6.45) is 2.62. The Balaban J connectivity index is 0. The molecule has 8 heteroatoms. The van der Waals surface area contributed by atoms with E-state index in [1.165, 1.54) is 0 Å². The average Bonchev–Trinajstić information content (AvgIpc) is 2.33. The minimum atomic E-state index is -1.01. The third-order valence-electron chi connectivity index (χ3n) is 2.33. The Morgan fingerprint density at radius 3 is 2.15 bits per heavy atom. The second kappa shape index (κ2) is 14.2. The lowest BCUT2D eigenvalue weighted by Gasteiger charge is -2.12. The predicted octanol–water partition coefficient (Wildman–Crippen LogP) is -1.29. The molecule has 0 saturated carbocycles. The van der Waals surface area contributed by atoms with Gasteiger partial charge in [0.05, 0.1) is 6.17 Å². The van der Waals surface area contributed by atoms with E-state index in [9.17, 15) is 9.59 Å². The number of carboxylic acid groups (broad SMARTS) is 1. The Hall–Kier alpha value is -1.22. The zero-order valence-electron chi connectivity index (χ0n) is 12.0. The topological polar surface area (TPSA) is 165 Å². The van der Waals surface area contributed by atoms with Crippen LogP contribution in [0.3, 0.4) is 0 Å². The summed E-state index contributed by atoms with van der Waals surface area (Å²) in [6, 6.07) is -0.769. The zero-order chi connectivity index (χ0) is 16.0. The van der Waals surface area contributed by atoms with E-state index in [1.54, 1.807) is 0 Å². The number of aliphatic hydroxyl groups is 1. The maximum Gasteiger partial charge on any atom is 0.320 e. The van der Waals surface area contributed by atoms with Crippen molar-refractivity contribution >= 4 is 11.9 Å². The number of amides is 1. The lowest BCUT2D eigenvalue weighted by Crippen LogP contribution is -2.38. The molecule has 0 radical (unpaired) electrons. The van der Waals surface area contributed by atoms with Crippen molar-refractivity contribution in [3.05, 3.63) is 0 Å². The van der Waals surface area contributed by atoms with Crippen LogP contribution in [0.2, 0.25) is 0 Å². The van der Waals surface area contributed by atoms with Crippen LogP contribution in [-0.2, 0) is 9.59 Å². The fourth-order valence-electron chi connectivity index (χ4n) is 1.29. The smallest absolute Gasteiger partial charge is 0.320 e. The third kappa shape index (κ3) is 16.8. The van der Waals surface area contributed by atoms with Gasteiger partial charge in [-0.2, -0.15) is 0 Å². The first-order valence-corrected chi connectivity index (χ1v) is 6.71. The van der Waals surface area contributed by atoms with Gasteiger partial charge in [-0.15, -0.1) is 0 Å². The molecule has 0 rings (SSSR count). The average molecular weight is 292 g/mol. The molecule has 0 aromatic carbocycles. The molecule has 0 unspecified atom stereocenters. The number of carbonyl (C=O) groups is 2. The highest BCUT2D eigenvalue weighted by Gasteiger charge is 2.16. The van der Waals surface area contributed by atoms with E-state index in [1.807, 2.05) is 0 Å². The number of hydrogen-bond donors (Lipinski definition) is 6. The first-order chi connectivity index (χ1) is 9.34. The molecule has 0 aliphatic carbocycles. The quantitative estimate of drug-likeness (QED) is 0.215. The van der Waals surface area contributed by atoms with E-state index >= 15 is 0 Å². The molecule has 8 nitrogen and oxygen atoms in total. The number of carbonyl (C=O) groups excluding carboxylic acids is 1. The van der Waals surface area contributed by atoms with Crippen molar-refractivity contribution in [1.82, 2.24) is 5.32 Å². The summed E-state index contributed by atoms with van der Waals surface area (Å²) >= 11 is 0. The van der Waals surface area contributed by atoms with Gasteiger partial charge < -0.3 is 32.7 Å². The Morgan fingerprint density at radius 1 is 1.25 bits per heavy atom. The van der Waals surface area contributed by atoms with E-state index in [4.69, 9.17) is 27.4 Å². The zero-order valence-corrected chi connectivity index (χ0v) is 12.0. The van der Waals surface area contributed by atoms with Gasteiger partial charge in [-0.05, 0) is 25.8 Å². The van der Waals surface area contributed by atoms with E-state index in [0.29, 0.717) is 13.0 Å². The van der Waals surface area contributed by atoms with Crippen LogP contribution in [0.1, 0.15) is 39.0 Å². The van der Waals surface area contributed by atoms with Gasteiger partial charge in [0.15, 0.2) is 0 Å². The maximum absolute atomic E-state index is 10.6. The second-order valence-corrected chi connectivity index (χ2v) is 4.38. The molecule has 20 heavy (non-hydrogen) atoms. The summed E-state index contributed by atoms with van der Waals surface area (Å²) in [5, 5.41) is 19.9. The largest absolute Gasteiger partial charge is 0.480 e. The van der Waals surface area contributed by atoms with E-state index in [-0.39, 0.29) is 25.6 Å². The summed E-state index contributed by atoms with van der Waals surface area (Å²) in [6.45, 7) is 2.48. The van der Waals surface area contributed by atoms with Crippen molar-refractivity contribution in [3.63, 3.8) is 0 Å². The van der Waals surface area contributed by atoms with Crippen LogP contribution in [0.25, 0.3) is 0 Å². The standard InChI is InChI=1S/C8H16N2O4.C4H12N2/c9-7(12)3-2-6(8(13)14)10-4-1-5-11;1-2-3-4(5)6/h6,10-11H,1-5H2,(H2,9,12)(H,13,14);4H,2-3,5-6H2,1H3/t6-;/m0./s1. The summed E-state index contributed by atoms with van der Waals surface area (Å²) in [4.78, 5) is 21.0. The second-order valence-electron chi connectivity index (χ2n) is 4.38. The van der Waals surface area contributed by atoms with Crippen LogP contribution in [-0.4, -0.2) is 47.4 Å². The molecule has 0 saturated heterocycles. The Kier molecular flexibility index (Phi) is 15.0. The van der Waals surface area contributed by atoms with Gasteiger partial charge in [0.25, 0.3) is 0 Å². The SMILES string of the molecule is CCCC(N)N.NC(=O)CC[C@H](NCCCO)C(=O)O. The van der Waals surface area contributed by atoms with E-state index in [0.717, 1.165) is 12.8 Å². The molecule has 0 aliphatic heterocycles. The first kappa shape index (κ1) is 21.1. The van der Waals surface area contributed by atoms with Crippen LogP contribution in [0, 0.1) is 0 Å². The molecular formula is C12H28N4O4. The molecule has 9 N–H and O–H groups in total. The molecule has 0 aromatic heterocycles. The van der Waals surface area contributed by atoms with Gasteiger partial charge in [-0.25, -0.2) is 0 Å². The molecular weight excluding hydrogens is 264 g/mol. The summed E-state index contributed by atoms with van der Waals surface area (Å²) in [7, 11) is 0. The molecule has 0 fully saturated rings. The van der Waals surface area contributed by atoms with Crippen molar-refractivity contribution in [2.75, 3.05) is 13.2 Å². The van der Waals surface area contributed by atoms with Gasteiger partial charge >= 0.3 is 5.97 Å². The number of nitrogens with one attached hydrogen (secondary N) is 1. The van der Waals surface area contributed by atoms with Crippen LogP contribution in [0.4, 0.5) is 0 Å². The third-order valence-corrected chi connectivity index (χ3v) is 2.33. The van der Waals surface area contributed by atoms with Gasteiger partial charge in [0, 0.05) is 13.0 Å². The number of rotatable bonds is 10. The lowest BCUT2D eigenvalue weighted by molar-refractivity contribution is -0.139. The lowest BCUT2D eigenvalue weighted by atomic mass is 10.1. The summed E-state index contributed by atoms with van der Waals surface area (Å²) in [5.41, 5.74) is 15.3. The van der Waals surface area contributed by atoms with Gasteiger partial charge in [0.2, 0.25) is 5.91 Å². The Labute approximate surface area is 119 Å². The first-order valence-electron chi connectivity index (χ1n) is 6.71. The van der Waals surface area contributed by atoms with Gasteiger partial charge in [0.1, 0.15) is 6.04 Å². The number of hydrogen-bond acceptors (Lipinski definition) is 6. The van der Waals surface area contributed by atoms with Crippen molar-refractivity contribution in [2.24, 2.45) is 17.2 Å². The number of primary amides is 1. The van der Waals surface area contributed by atoms with Crippen LogP contribution in [0.15, 0.2) is 0 Å². The fourth-order valence-corrected chi connectivity index (χ4v) is 1.29. The minimum Gasteiger partial charge on any atom is -0.480 e. The fraction of sp³-hybridized carbons (Fsp3) is 0.833. The highest BCUT2D eigenvalue weighted by Crippen LogP contribution is 1.97. The van der Waals surface area contributed by atoms with Crippen molar-refractivity contribution in [2.45, 2.75) is 51.2 Å². The van der Waals surface area contributed by atoms with Gasteiger partial charge in [-0.1, -0.05) is 13.3 Å². The number of aliphatic hydroxyl groups excluding tert-OH is 1. The summed E-state index contributed by atoms with van der Waals surface area (Å²) in [5.74, 6) is -1.52. The van der Waals surface area contributed by atoms with Crippen molar-refractivity contribution < 1.29 is 19.8 Å². The Morgan fingerprint density at radius 2 is 1.85 bits per heavy atom. The molecule has 0 aromatic rings. The van der Waals surface area contributed by atoms with Crippen molar-refractivity contribution in [1.29, 1.82) is 0 Å². The molecule has 0 bridgehead atoms. The van der Waals surface area contributed by atoms with Gasteiger partial charge in [-0.3, -0.25) is 9.59 Å². The molecule has 0 aliphatic rings. The number of nitrogens with two attached hydrogens (primary N) is 3. The normalized spacial score (nSPS) is 11.7. The minimum absolute atomic E-state index is 0.00909. The van der Waals surface area contributed by atoms with Crippen LogP contribution in [0.5, 0.6) is 0 Å². The van der Waals surface area contributed by atoms with Crippen LogP contribution < -0.4 is 22.5 Å². The highest BCUT2D eigenvalue weighted by atomic mass is 16.4. The number of carboxylic acids is 1. The van der Waals surface area contributed by atoms with E-state index < -0.39 is 17.9 Å². The molecule has 120 valence electrons. The number of aliphatic carboxylic acids is 1. The molecule has 0 spiro atoms. The van der Waals surface area contributed by atoms with E-state index in [2.05, 4.69) is 12.2 Å². The summed E-state index contributed by atoms with van der Waals surface area (Å²) < 4.78 is 0. The monoisotopic (exact) mass is 292 g/mol. The predicted molar refractivity (Wildman–Crippen MR) is 76.6 cm³/mol. The van der Waals surface area contributed by atoms with Crippen LogP contribution >= 0.6 is 0 Å². The van der Waals surface area contributed by atoms with Crippen molar-refractivity contribution in [3.8, 4) is 0 Å². The molecule has 1 amide bonds. The Bertz CT molecular complexity index is 262. The molecule has 0 heterocycles. The highest BCUT2D eigenvalue weighted by molar-refractivity contribution is 5.77. The molecule has 1 atom stereocenters. The maximum atomic E-state index is 10.6.